The summed E-state index contributed by atoms with van der Waals surface area (Å²) in [5, 5.41) is 3.86. The van der Waals surface area contributed by atoms with Crippen LogP contribution in [0.1, 0.15) is 30.4 Å². The van der Waals surface area contributed by atoms with Crippen LogP contribution in [0.15, 0.2) is 23.3 Å². The molecular weight excluding hydrogens is 202 g/mol. The SMILES string of the molecule is COc1cccc2c1CC[C@@H](N=[N+]=[N-])[C@H]2C. The van der Waals surface area contributed by atoms with Crippen LogP contribution in [0.3, 0.4) is 0 Å². The maximum atomic E-state index is 8.52. The van der Waals surface area contributed by atoms with Crippen LogP contribution in [0.25, 0.3) is 10.4 Å². The summed E-state index contributed by atoms with van der Waals surface area (Å²) in [5.41, 5.74) is 11.0. The third-order valence-electron chi connectivity index (χ3n) is 3.35. The smallest absolute Gasteiger partial charge is 0.122 e. The van der Waals surface area contributed by atoms with Crippen molar-refractivity contribution in [3.63, 3.8) is 0 Å². The van der Waals surface area contributed by atoms with E-state index in [0.29, 0.717) is 0 Å². The molecule has 1 aliphatic carbocycles. The fourth-order valence-electron chi connectivity index (χ4n) is 2.44. The van der Waals surface area contributed by atoms with Crippen molar-refractivity contribution in [3.05, 3.63) is 39.8 Å². The summed E-state index contributed by atoms with van der Waals surface area (Å²) >= 11 is 0. The van der Waals surface area contributed by atoms with Crippen molar-refractivity contribution in [1.29, 1.82) is 0 Å². The molecule has 0 amide bonds. The summed E-state index contributed by atoms with van der Waals surface area (Å²) < 4.78 is 5.35. The maximum Gasteiger partial charge on any atom is 0.122 e. The summed E-state index contributed by atoms with van der Waals surface area (Å²) in [6.07, 6.45) is 1.83. The fraction of sp³-hybridized carbons (Fsp3) is 0.500. The monoisotopic (exact) mass is 217 g/mol. The average Bonchev–Trinajstić information content (AvgIpc) is 2.32. The topological polar surface area (TPSA) is 58.0 Å². The summed E-state index contributed by atoms with van der Waals surface area (Å²) in [6.45, 7) is 2.11. The zero-order chi connectivity index (χ0) is 11.5. The van der Waals surface area contributed by atoms with Crippen LogP contribution in [0, 0.1) is 0 Å². The van der Waals surface area contributed by atoms with Gasteiger partial charge < -0.3 is 4.74 Å². The highest BCUT2D eigenvalue weighted by Crippen LogP contribution is 2.37. The molecule has 0 saturated heterocycles. The first-order chi connectivity index (χ1) is 7.77. The van der Waals surface area contributed by atoms with Gasteiger partial charge in [0.2, 0.25) is 0 Å². The zero-order valence-electron chi connectivity index (χ0n) is 9.55. The molecule has 0 aliphatic heterocycles. The lowest BCUT2D eigenvalue weighted by Crippen LogP contribution is -2.21. The Balaban J connectivity index is 2.41. The summed E-state index contributed by atoms with van der Waals surface area (Å²) in [6, 6.07) is 6.15. The molecule has 4 heteroatoms. The molecule has 1 aromatic rings. The highest BCUT2D eigenvalue weighted by Gasteiger charge is 2.26. The van der Waals surface area contributed by atoms with E-state index >= 15 is 0 Å². The molecule has 16 heavy (non-hydrogen) atoms. The lowest BCUT2D eigenvalue weighted by molar-refractivity contribution is 0.399. The van der Waals surface area contributed by atoms with Crippen LogP contribution >= 0.6 is 0 Å². The number of methoxy groups -OCH3 is 1. The molecule has 0 aromatic heterocycles. The van der Waals surface area contributed by atoms with Crippen molar-refractivity contribution in [2.75, 3.05) is 7.11 Å². The lowest BCUT2D eigenvalue weighted by Gasteiger charge is -2.29. The minimum atomic E-state index is 0.0737. The summed E-state index contributed by atoms with van der Waals surface area (Å²) in [4.78, 5) is 2.92. The second-order valence-electron chi connectivity index (χ2n) is 4.13. The normalized spacial score (nSPS) is 23.1. The molecule has 0 spiro atoms. The van der Waals surface area contributed by atoms with Gasteiger partial charge in [0, 0.05) is 11.0 Å². The first-order valence-corrected chi connectivity index (χ1v) is 5.48. The van der Waals surface area contributed by atoms with Crippen LogP contribution in [0.4, 0.5) is 0 Å². The van der Waals surface area contributed by atoms with E-state index < -0.39 is 0 Å². The Morgan fingerprint density at radius 2 is 2.31 bits per heavy atom. The molecule has 2 atom stereocenters. The fourth-order valence-corrected chi connectivity index (χ4v) is 2.44. The molecule has 4 nitrogen and oxygen atoms in total. The predicted molar refractivity (Wildman–Crippen MR) is 62.7 cm³/mol. The third kappa shape index (κ3) is 1.72. The summed E-state index contributed by atoms with van der Waals surface area (Å²) in [7, 11) is 1.69. The van der Waals surface area contributed by atoms with Crippen LogP contribution < -0.4 is 4.74 Å². The van der Waals surface area contributed by atoms with Gasteiger partial charge in [-0.25, -0.2) is 0 Å². The Morgan fingerprint density at radius 1 is 1.50 bits per heavy atom. The van der Waals surface area contributed by atoms with Gasteiger partial charge in [0.15, 0.2) is 0 Å². The molecule has 0 radical (unpaired) electrons. The van der Waals surface area contributed by atoms with E-state index in [-0.39, 0.29) is 12.0 Å². The Morgan fingerprint density at radius 3 is 3.00 bits per heavy atom. The van der Waals surface area contributed by atoms with Gasteiger partial charge in [0.05, 0.1) is 7.11 Å². The second kappa shape index (κ2) is 4.45. The molecule has 1 aliphatic rings. The standard InChI is InChI=1S/C12H15N3O/c1-8-9-4-3-5-12(16-2)10(9)6-7-11(8)14-15-13/h3-5,8,11H,6-7H2,1-2H3/t8-,11+/m0/s1. The number of ether oxygens (including phenoxy) is 1. The summed E-state index contributed by atoms with van der Waals surface area (Å²) in [5.74, 6) is 1.22. The number of azide groups is 1. The van der Waals surface area contributed by atoms with Crippen LogP contribution in [0.5, 0.6) is 5.75 Å². The highest BCUT2D eigenvalue weighted by atomic mass is 16.5. The van der Waals surface area contributed by atoms with Gasteiger partial charge in [-0.15, -0.1) is 0 Å². The number of rotatable bonds is 2. The average molecular weight is 217 g/mol. The van der Waals surface area contributed by atoms with E-state index in [9.17, 15) is 0 Å². The van der Waals surface area contributed by atoms with E-state index in [0.717, 1.165) is 18.6 Å². The highest BCUT2D eigenvalue weighted by molar-refractivity contribution is 5.44. The third-order valence-corrected chi connectivity index (χ3v) is 3.35. The quantitative estimate of drug-likeness (QED) is 0.425. The van der Waals surface area contributed by atoms with Crippen molar-refractivity contribution >= 4 is 0 Å². The minimum absolute atomic E-state index is 0.0737. The van der Waals surface area contributed by atoms with Crippen LogP contribution in [-0.4, -0.2) is 13.2 Å². The first-order valence-electron chi connectivity index (χ1n) is 5.48. The van der Waals surface area contributed by atoms with Gasteiger partial charge in [0.25, 0.3) is 0 Å². The molecule has 1 aromatic carbocycles. The van der Waals surface area contributed by atoms with Crippen molar-refractivity contribution in [1.82, 2.24) is 0 Å². The van der Waals surface area contributed by atoms with E-state index in [1.54, 1.807) is 7.11 Å². The number of nitrogens with zero attached hydrogens (tertiary/aromatic N) is 3. The Labute approximate surface area is 94.9 Å². The van der Waals surface area contributed by atoms with Crippen LogP contribution in [0.2, 0.25) is 0 Å². The van der Waals surface area contributed by atoms with Crippen molar-refractivity contribution < 1.29 is 4.74 Å². The molecule has 84 valence electrons. The maximum absolute atomic E-state index is 8.52. The van der Waals surface area contributed by atoms with Crippen molar-refractivity contribution in [3.8, 4) is 5.75 Å². The van der Waals surface area contributed by atoms with Crippen LogP contribution in [-0.2, 0) is 6.42 Å². The Bertz CT molecular complexity index is 438. The zero-order valence-corrected chi connectivity index (χ0v) is 9.55. The van der Waals surface area contributed by atoms with E-state index in [2.05, 4.69) is 23.0 Å². The van der Waals surface area contributed by atoms with Gasteiger partial charge in [-0.05, 0) is 41.5 Å². The van der Waals surface area contributed by atoms with E-state index in [1.165, 1.54) is 11.1 Å². The predicted octanol–water partition coefficient (Wildman–Crippen LogP) is 3.42. The Kier molecular flexibility index (Phi) is 3.02. The number of hydrogen-bond donors (Lipinski definition) is 0. The van der Waals surface area contributed by atoms with Crippen molar-refractivity contribution in [2.24, 2.45) is 5.11 Å². The molecule has 0 heterocycles. The molecule has 0 bridgehead atoms. The molecule has 0 N–H and O–H groups in total. The van der Waals surface area contributed by atoms with E-state index in [4.69, 9.17) is 10.3 Å². The van der Waals surface area contributed by atoms with Gasteiger partial charge in [-0.2, -0.15) is 0 Å². The Hall–Kier alpha value is -1.67. The minimum Gasteiger partial charge on any atom is -0.496 e. The first kappa shape index (κ1) is 10.8. The van der Waals surface area contributed by atoms with Gasteiger partial charge in [-0.3, -0.25) is 0 Å². The second-order valence-corrected chi connectivity index (χ2v) is 4.13. The van der Waals surface area contributed by atoms with Gasteiger partial charge in [-0.1, -0.05) is 24.2 Å². The van der Waals surface area contributed by atoms with Gasteiger partial charge in [0.1, 0.15) is 5.75 Å². The number of fused-ring (bicyclic) bond motifs is 1. The number of hydrogen-bond acceptors (Lipinski definition) is 2. The van der Waals surface area contributed by atoms with Gasteiger partial charge >= 0.3 is 0 Å². The lowest BCUT2D eigenvalue weighted by atomic mass is 9.80. The molecule has 0 saturated carbocycles. The molecule has 2 rings (SSSR count). The molecule has 0 fully saturated rings. The molecular formula is C12H15N3O. The number of benzene rings is 1. The molecule has 0 unspecified atom stereocenters. The van der Waals surface area contributed by atoms with E-state index in [1.807, 2.05) is 12.1 Å². The van der Waals surface area contributed by atoms with Crippen molar-refractivity contribution in [2.45, 2.75) is 31.7 Å². The largest absolute Gasteiger partial charge is 0.496 e.